The van der Waals surface area contributed by atoms with Gasteiger partial charge in [-0.05, 0) is 25.0 Å². The first-order valence-electron chi connectivity index (χ1n) is 4.87. The predicted molar refractivity (Wildman–Crippen MR) is 59.9 cm³/mol. The van der Waals surface area contributed by atoms with E-state index in [4.69, 9.17) is 16.3 Å². The Labute approximate surface area is 89.8 Å². The number of hydrazine groups is 1. The molecular weight excluding hydrogens is 192 g/mol. The molecule has 0 saturated heterocycles. The Morgan fingerprint density at radius 1 is 1.60 bits per heavy atom. The normalized spacial score (nSPS) is 14.9. The average Bonchev–Trinajstić information content (AvgIpc) is 2.27. The maximum absolute atomic E-state index is 5.74. The van der Waals surface area contributed by atoms with Crippen LogP contribution in [0.3, 0.4) is 0 Å². The number of hydrogen-bond donors (Lipinski definition) is 3. The van der Waals surface area contributed by atoms with Gasteiger partial charge in [0.2, 0.25) is 0 Å². The molecule has 0 spiro atoms. The van der Waals surface area contributed by atoms with Crippen molar-refractivity contribution in [1.29, 1.82) is 0 Å². The second-order valence-electron chi connectivity index (χ2n) is 3.47. The van der Waals surface area contributed by atoms with Gasteiger partial charge in [0, 0.05) is 13.3 Å². The molecule has 0 aliphatic heterocycles. The molecule has 0 aromatic carbocycles. The van der Waals surface area contributed by atoms with Gasteiger partial charge in [-0.3, -0.25) is 11.3 Å². The molecule has 1 heterocycles. The summed E-state index contributed by atoms with van der Waals surface area (Å²) in [5, 5.41) is 0. The minimum atomic E-state index is 0.0228. The van der Waals surface area contributed by atoms with Crippen LogP contribution in [0.15, 0.2) is 18.3 Å². The summed E-state index contributed by atoms with van der Waals surface area (Å²) in [6.45, 7) is 1.96. The lowest BCUT2D eigenvalue weighted by Gasteiger charge is -2.22. The maximum Gasteiger partial charge on any atom is 0.126 e. The number of nitrogen functional groups attached to an aromatic ring is 1. The van der Waals surface area contributed by atoms with Crippen molar-refractivity contribution < 1.29 is 4.74 Å². The number of nitrogens with two attached hydrogens (primary N) is 2. The Morgan fingerprint density at radius 2 is 2.33 bits per heavy atom. The molecule has 5 nitrogen and oxygen atoms in total. The Morgan fingerprint density at radius 3 is 2.87 bits per heavy atom. The lowest BCUT2D eigenvalue weighted by molar-refractivity contribution is 0.0832. The fourth-order valence-corrected chi connectivity index (χ4v) is 1.39. The molecule has 1 rings (SSSR count). The van der Waals surface area contributed by atoms with Gasteiger partial charge in [0.1, 0.15) is 5.82 Å². The molecule has 0 amide bonds. The Kier molecular flexibility index (Phi) is 4.48. The van der Waals surface area contributed by atoms with E-state index in [1.807, 2.05) is 19.1 Å². The van der Waals surface area contributed by atoms with Crippen molar-refractivity contribution in [3.8, 4) is 0 Å². The first-order chi connectivity index (χ1) is 7.19. The SMILES string of the molecule is COC(C)C(Cc1cccnc1N)NN. The van der Waals surface area contributed by atoms with Crippen LogP contribution in [0, 0.1) is 0 Å². The summed E-state index contributed by atoms with van der Waals surface area (Å²) in [6.07, 6.45) is 2.39. The predicted octanol–water partition coefficient (Wildman–Crippen LogP) is 0.0731. The van der Waals surface area contributed by atoms with Crippen LogP contribution >= 0.6 is 0 Å². The van der Waals surface area contributed by atoms with Crippen molar-refractivity contribution in [2.75, 3.05) is 12.8 Å². The van der Waals surface area contributed by atoms with Crippen LogP contribution in [-0.2, 0) is 11.2 Å². The van der Waals surface area contributed by atoms with Gasteiger partial charge < -0.3 is 10.5 Å². The van der Waals surface area contributed by atoms with Gasteiger partial charge in [-0.2, -0.15) is 0 Å². The zero-order valence-corrected chi connectivity index (χ0v) is 9.10. The monoisotopic (exact) mass is 210 g/mol. The molecule has 2 atom stereocenters. The van der Waals surface area contributed by atoms with Gasteiger partial charge in [0.15, 0.2) is 0 Å². The topological polar surface area (TPSA) is 86.2 Å². The van der Waals surface area contributed by atoms with Gasteiger partial charge >= 0.3 is 0 Å². The Bertz CT molecular complexity index is 305. The van der Waals surface area contributed by atoms with E-state index in [1.54, 1.807) is 13.3 Å². The second kappa shape index (κ2) is 5.65. The highest BCUT2D eigenvalue weighted by atomic mass is 16.5. The number of ether oxygens (including phenoxy) is 1. The van der Waals surface area contributed by atoms with Crippen LogP contribution in [0.4, 0.5) is 5.82 Å². The van der Waals surface area contributed by atoms with E-state index in [2.05, 4.69) is 10.4 Å². The molecule has 0 fully saturated rings. The number of nitrogens with zero attached hydrogens (tertiary/aromatic N) is 1. The van der Waals surface area contributed by atoms with Crippen LogP contribution in [0.1, 0.15) is 12.5 Å². The summed E-state index contributed by atoms with van der Waals surface area (Å²) in [6, 6.07) is 3.83. The lowest BCUT2D eigenvalue weighted by atomic mass is 10.0. The Hall–Kier alpha value is -1.17. The van der Waals surface area contributed by atoms with Crippen molar-refractivity contribution in [2.24, 2.45) is 5.84 Å². The molecule has 1 aromatic rings. The van der Waals surface area contributed by atoms with Crippen LogP contribution in [0.5, 0.6) is 0 Å². The summed E-state index contributed by atoms with van der Waals surface area (Å²) >= 11 is 0. The summed E-state index contributed by atoms with van der Waals surface area (Å²) < 4.78 is 5.21. The van der Waals surface area contributed by atoms with Crippen LogP contribution in [0.25, 0.3) is 0 Å². The number of aromatic nitrogens is 1. The van der Waals surface area contributed by atoms with E-state index >= 15 is 0 Å². The molecule has 5 heteroatoms. The van der Waals surface area contributed by atoms with Crippen molar-refractivity contribution in [1.82, 2.24) is 10.4 Å². The molecule has 2 unspecified atom stereocenters. The first-order valence-corrected chi connectivity index (χ1v) is 4.87. The van der Waals surface area contributed by atoms with Crippen LogP contribution < -0.4 is 17.0 Å². The fraction of sp³-hybridized carbons (Fsp3) is 0.500. The molecular formula is C10H18N4O. The van der Waals surface area contributed by atoms with Crippen molar-refractivity contribution in [3.05, 3.63) is 23.9 Å². The molecule has 5 N–H and O–H groups in total. The molecule has 0 aliphatic carbocycles. The molecule has 1 aromatic heterocycles. The highest BCUT2D eigenvalue weighted by Gasteiger charge is 2.16. The van der Waals surface area contributed by atoms with Crippen molar-refractivity contribution in [3.63, 3.8) is 0 Å². The number of nitrogens with one attached hydrogen (secondary N) is 1. The smallest absolute Gasteiger partial charge is 0.126 e. The zero-order valence-electron chi connectivity index (χ0n) is 9.10. The fourth-order valence-electron chi connectivity index (χ4n) is 1.39. The number of pyridine rings is 1. The quantitative estimate of drug-likeness (QED) is 0.473. The number of rotatable bonds is 5. The largest absolute Gasteiger partial charge is 0.383 e. The van der Waals surface area contributed by atoms with E-state index in [1.165, 1.54) is 0 Å². The Balaban J connectivity index is 2.71. The third-order valence-corrected chi connectivity index (χ3v) is 2.52. The second-order valence-corrected chi connectivity index (χ2v) is 3.47. The minimum Gasteiger partial charge on any atom is -0.383 e. The van der Waals surface area contributed by atoms with Gasteiger partial charge in [-0.15, -0.1) is 0 Å². The van der Waals surface area contributed by atoms with Gasteiger partial charge in [-0.1, -0.05) is 6.07 Å². The minimum absolute atomic E-state index is 0.0228. The summed E-state index contributed by atoms with van der Waals surface area (Å²) in [5.41, 5.74) is 9.44. The maximum atomic E-state index is 5.74. The molecule has 0 bridgehead atoms. The van der Waals surface area contributed by atoms with E-state index in [0.29, 0.717) is 12.2 Å². The molecule has 0 saturated carbocycles. The standard InChI is InChI=1S/C10H18N4O/c1-7(15-2)9(14-12)6-8-4-3-5-13-10(8)11/h3-5,7,9,14H,6,12H2,1-2H3,(H2,11,13). The van der Waals surface area contributed by atoms with Crippen molar-refractivity contribution in [2.45, 2.75) is 25.5 Å². The third kappa shape index (κ3) is 3.16. The van der Waals surface area contributed by atoms with E-state index in [-0.39, 0.29) is 12.1 Å². The zero-order chi connectivity index (χ0) is 11.3. The third-order valence-electron chi connectivity index (χ3n) is 2.52. The number of methoxy groups -OCH3 is 1. The molecule has 84 valence electrons. The van der Waals surface area contributed by atoms with Gasteiger partial charge in [0.25, 0.3) is 0 Å². The number of anilines is 1. The van der Waals surface area contributed by atoms with Gasteiger partial charge in [0.05, 0.1) is 12.1 Å². The van der Waals surface area contributed by atoms with Crippen LogP contribution in [-0.4, -0.2) is 24.2 Å². The summed E-state index contributed by atoms with van der Waals surface area (Å²) in [7, 11) is 1.65. The summed E-state index contributed by atoms with van der Waals surface area (Å²) in [5.74, 6) is 6.00. The molecule has 0 radical (unpaired) electrons. The summed E-state index contributed by atoms with van der Waals surface area (Å²) in [4.78, 5) is 4.02. The highest BCUT2D eigenvalue weighted by molar-refractivity contribution is 5.38. The first kappa shape index (κ1) is 11.9. The van der Waals surface area contributed by atoms with E-state index in [0.717, 1.165) is 5.56 Å². The highest BCUT2D eigenvalue weighted by Crippen LogP contribution is 2.12. The van der Waals surface area contributed by atoms with Crippen molar-refractivity contribution >= 4 is 5.82 Å². The molecule has 0 aliphatic rings. The average molecular weight is 210 g/mol. The van der Waals surface area contributed by atoms with Gasteiger partial charge in [-0.25, -0.2) is 4.98 Å². The van der Waals surface area contributed by atoms with E-state index < -0.39 is 0 Å². The lowest BCUT2D eigenvalue weighted by Crippen LogP contribution is -2.45. The van der Waals surface area contributed by atoms with Crippen LogP contribution in [0.2, 0.25) is 0 Å². The molecule has 15 heavy (non-hydrogen) atoms. The number of hydrogen-bond acceptors (Lipinski definition) is 5. The van der Waals surface area contributed by atoms with E-state index in [9.17, 15) is 0 Å².